The van der Waals surface area contributed by atoms with E-state index in [0.29, 0.717) is 5.25 Å². The summed E-state index contributed by atoms with van der Waals surface area (Å²) in [5.74, 6) is 1.61. The minimum atomic E-state index is 0.523. The standard InChI is InChI=1S/C9H16S/c1-7(2)8-3-5-9(10)6-4-8/h3,5,7-10H,4,6H2,1-2H3. The molecule has 0 spiro atoms. The monoisotopic (exact) mass is 156 g/mol. The van der Waals surface area contributed by atoms with Gasteiger partial charge in [-0.15, -0.1) is 0 Å². The van der Waals surface area contributed by atoms with Crippen molar-refractivity contribution in [2.45, 2.75) is 31.9 Å². The summed E-state index contributed by atoms with van der Waals surface area (Å²) in [6, 6.07) is 0. The normalized spacial score (nSPS) is 33.2. The highest BCUT2D eigenvalue weighted by molar-refractivity contribution is 7.81. The van der Waals surface area contributed by atoms with Gasteiger partial charge in [-0.25, -0.2) is 0 Å². The minimum Gasteiger partial charge on any atom is -0.172 e. The lowest BCUT2D eigenvalue weighted by Gasteiger charge is -2.22. The molecule has 0 nitrogen and oxygen atoms in total. The second kappa shape index (κ2) is 3.47. The van der Waals surface area contributed by atoms with Crippen molar-refractivity contribution in [3.8, 4) is 0 Å². The van der Waals surface area contributed by atoms with Crippen molar-refractivity contribution < 1.29 is 0 Å². The van der Waals surface area contributed by atoms with E-state index in [1.165, 1.54) is 12.8 Å². The Hall–Kier alpha value is 0.0900. The molecule has 1 rings (SSSR count). The van der Waals surface area contributed by atoms with Crippen LogP contribution in [0.5, 0.6) is 0 Å². The molecule has 0 amide bonds. The zero-order chi connectivity index (χ0) is 7.56. The summed E-state index contributed by atoms with van der Waals surface area (Å²) >= 11 is 4.38. The van der Waals surface area contributed by atoms with Gasteiger partial charge in [0, 0.05) is 5.25 Å². The molecule has 1 heteroatoms. The smallest absolute Gasteiger partial charge is 0.0197 e. The van der Waals surface area contributed by atoms with Crippen molar-refractivity contribution in [2.75, 3.05) is 0 Å². The third-order valence-electron chi connectivity index (χ3n) is 2.23. The first-order chi connectivity index (χ1) is 4.70. The number of thiol groups is 1. The fourth-order valence-electron chi connectivity index (χ4n) is 1.38. The van der Waals surface area contributed by atoms with Crippen molar-refractivity contribution in [3.05, 3.63) is 12.2 Å². The third kappa shape index (κ3) is 2.05. The van der Waals surface area contributed by atoms with E-state index in [1.54, 1.807) is 0 Å². The highest BCUT2D eigenvalue weighted by atomic mass is 32.1. The summed E-state index contributed by atoms with van der Waals surface area (Å²) in [7, 11) is 0. The maximum absolute atomic E-state index is 4.38. The fraction of sp³-hybridized carbons (Fsp3) is 0.778. The van der Waals surface area contributed by atoms with Gasteiger partial charge in [-0.3, -0.25) is 0 Å². The average molecular weight is 156 g/mol. The van der Waals surface area contributed by atoms with Gasteiger partial charge in [0.25, 0.3) is 0 Å². The first kappa shape index (κ1) is 8.19. The highest BCUT2D eigenvalue weighted by Crippen LogP contribution is 2.26. The summed E-state index contributed by atoms with van der Waals surface area (Å²) in [6.07, 6.45) is 7.13. The molecule has 0 aromatic heterocycles. The van der Waals surface area contributed by atoms with Gasteiger partial charge in [-0.1, -0.05) is 26.0 Å². The predicted octanol–water partition coefficient (Wildman–Crippen LogP) is 2.91. The Morgan fingerprint density at radius 3 is 2.40 bits per heavy atom. The van der Waals surface area contributed by atoms with Crippen LogP contribution in [0.4, 0.5) is 0 Å². The van der Waals surface area contributed by atoms with Crippen LogP contribution in [0, 0.1) is 11.8 Å². The van der Waals surface area contributed by atoms with Crippen LogP contribution in [-0.2, 0) is 0 Å². The van der Waals surface area contributed by atoms with Crippen molar-refractivity contribution in [1.82, 2.24) is 0 Å². The molecule has 58 valence electrons. The average Bonchev–Trinajstić information content (AvgIpc) is 1.88. The molecule has 0 radical (unpaired) electrons. The molecule has 0 aromatic carbocycles. The largest absolute Gasteiger partial charge is 0.172 e. The molecular weight excluding hydrogens is 140 g/mol. The first-order valence-corrected chi connectivity index (χ1v) is 4.58. The van der Waals surface area contributed by atoms with Gasteiger partial charge in [0.1, 0.15) is 0 Å². The molecule has 0 saturated carbocycles. The predicted molar refractivity (Wildman–Crippen MR) is 49.5 cm³/mol. The van der Waals surface area contributed by atoms with E-state index in [2.05, 4.69) is 38.6 Å². The van der Waals surface area contributed by atoms with E-state index in [4.69, 9.17) is 0 Å². The van der Waals surface area contributed by atoms with Gasteiger partial charge in [0.05, 0.1) is 0 Å². The Morgan fingerprint density at radius 2 is 2.00 bits per heavy atom. The molecule has 1 aliphatic carbocycles. The van der Waals surface area contributed by atoms with Gasteiger partial charge in [-0.05, 0) is 24.7 Å². The zero-order valence-electron chi connectivity index (χ0n) is 6.75. The van der Waals surface area contributed by atoms with Crippen molar-refractivity contribution >= 4 is 12.6 Å². The van der Waals surface area contributed by atoms with Gasteiger partial charge in [0.2, 0.25) is 0 Å². The molecule has 1 aliphatic rings. The first-order valence-electron chi connectivity index (χ1n) is 4.06. The molecule has 0 aliphatic heterocycles. The van der Waals surface area contributed by atoms with Crippen LogP contribution >= 0.6 is 12.6 Å². The molecule has 0 saturated heterocycles. The second-order valence-corrected chi connectivity index (χ2v) is 4.10. The Labute approximate surface area is 69.1 Å². The van der Waals surface area contributed by atoms with Crippen LogP contribution < -0.4 is 0 Å². The number of rotatable bonds is 1. The van der Waals surface area contributed by atoms with E-state index in [9.17, 15) is 0 Å². The van der Waals surface area contributed by atoms with Crippen LogP contribution in [0.2, 0.25) is 0 Å². The van der Waals surface area contributed by atoms with Crippen LogP contribution in [0.25, 0.3) is 0 Å². The lowest BCUT2D eigenvalue weighted by Crippen LogP contribution is -2.12. The van der Waals surface area contributed by atoms with Crippen LogP contribution in [0.1, 0.15) is 26.7 Å². The summed E-state index contributed by atoms with van der Waals surface area (Å²) in [6.45, 7) is 4.57. The Kier molecular flexibility index (Phi) is 2.84. The summed E-state index contributed by atoms with van der Waals surface area (Å²) in [5.41, 5.74) is 0. The molecule has 2 atom stereocenters. The molecule has 10 heavy (non-hydrogen) atoms. The number of hydrogen-bond acceptors (Lipinski definition) is 1. The Morgan fingerprint density at radius 1 is 1.30 bits per heavy atom. The maximum Gasteiger partial charge on any atom is 0.0197 e. The van der Waals surface area contributed by atoms with Crippen LogP contribution in [0.3, 0.4) is 0 Å². The molecule has 0 N–H and O–H groups in total. The molecule has 0 bridgehead atoms. The number of allylic oxidation sites excluding steroid dienone is 1. The van der Waals surface area contributed by atoms with Gasteiger partial charge < -0.3 is 0 Å². The van der Waals surface area contributed by atoms with Crippen LogP contribution in [-0.4, -0.2) is 5.25 Å². The summed E-state index contributed by atoms with van der Waals surface area (Å²) in [5, 5.41) is 0.523. The van der Waals surface area contributed by atoms with E-state index >= 15 is 0 Å². The molecule has 0 heterocycles. The molecular formula is C9H16S. The second-order valence-electron chi connectivity index (χ2n) is 3.44. The van der Waals surface area contributed by atoms with E-state index in [-0.39, 0.29) is 0 Å². The summed E-state index contributed by atoms with van der Waals surface area (Å²) in [4.78, 5) is 0. The van der Waals surface area contributed by atoms with Crippen molar-refractivity contribution in [3.63, 3.8) is 0 Å². The fourth-order valence-corrected chi connectivity index (χ4v) is 1.63. The van der Waals surface area contributed by atoms with Gasteiger partial charge >= 0.3 is 0 Å². The SMILES string of the molecule is CC(C)C1C=CC(S)CC1. The molecule has 2 unspecified atom stereocenters. The van der Waals surface area contributed by atoms with E-state index in [1.807, 2.05) is 0 Å². The van der Waals surface area contributed by atoms with Gasteiger partial charge in [0.15, 0.2) is 0 Å². The number of hydrogen-bond donors (Lipinski definition) is 1. The lowest BCUT2D eigenvalue weighted by molar-refractivity contribution is 0.415. The topological polar surface area (TPSA) is 0 Å². The maximum atomic E-state index is 4.38. The van der Waals surface area contributed by atoms with Crippen LogP contribution in [0.15, 0.2) is 12.2 Å². The van der Waals surface area contributed by atoms with E-state index in [0.717, 1.165) is 11.8 Å². The zero-order valence-corrected chi connectivity index (χ0v) is 7.64. The third-order valence-corrected chi connectivity index (χ3v) is 2.66. The summed E-state index contributed by atoms with van der Waals surface area (Å²) < 4.78 is 0. The quantitative estimate of drug-likeness (QED) is 0.438. The highest BCUT2D eigenvalue weighted by Gasteiger charge is 2.15. The lowest BCUT2D eigenvalue weighted by atomic mass is 9.87. The van der Waals surface area contributed by atoms with Crippen molar-refractivity contribution in [2.24, 2.45) is 11.8 Å². The van der Waals surface area contributed by atoms with E-state index < -0.39 is 0 Å². The molecule has 0 aromatic rings. The Balaban J connectivity index is 2.45. The van der Waals surface area contributed by atoms with Gasteiger partial charge in [-0.2, -0.15) is 12.6 Å². The Bertz CT molecular complexity index is 127. The van der Waals surface area contributed by atoms with Crippen molar-refractivity contribution in [1.29, 1.82) is 0 Å². The molecule has 0 fully saturated rings. The minimum absolute atomic E-state index is 0.523.